The maximum absolute atomic E-state index is 11.5. The van der Waals surface area contributed by atoms with Crippen molar-refractivity contribution in [3.63, 3.8) is 0 Å². The number of aliphatic hydroxyl groups excluding tert-OH is 1. The quantitative estimate of drug-likeness (QED) is 0.657. The van der Waals surface area contributed by atoms with Crippen molar-refractivity contribution in [3.8, 4) is 5.75 Å². The van der Waals surface area contributed by atoms with Gasteiger partial charge in [-0.2, -0.15) is 0 Å². The second-order valence-electron chi connectivity index (χ2n) is 5.85. The van der Waals surface area contributed by atoms with Crippen LogP contribution in [0.1, 0.15) is 30.0 Å². The number of sulfone groups is 1. The molecular formula is C17H22ClN3O4S. The highest BCUT2D eigenvalue weighted by Gasteiger charge is 2.16. The standard InChI is InChI=1S/C17H22ClN3O4S/c1-4-13-16(18)20-15(10-26(3,23)24)21-17(13)19-9-14(22)11-5-7-12(25-2)8-6-11/h5-8,14,22H,4,9-10H2,1-3H3,(H,19,20,21)/t14-/m1/s1. The van der Waals surface area contributed by atoms with E-state index in [9.17, 15) is 13.5 Å². The van der Waals surface area contributed by atoms with Crippen molar-refractivity contribution in [2.75, 3.05) is 25.2 Å². The number of methoxy groups -OCH3 is 1. The fourth-order valence-corrected chi connectivity index (χ4v) is 3.31. The Balaban J connectivity index is 2.18. The number of ether oxygens (including phenoxy) is 1. The number of halogens is 1. The largest absolute Gasteiger partial charge is 0.497 e. The van der Waals surface area contributed by atoms with Gasteiger partial charge in [-0.25, -0.2) is 18.4 Å². The van der Waals surface area contributed by atoms with E-state index in [1.807, 2.05) is 6.92 Å². The maximum atomic E-state index is 11.5. The van der Waals surface area contributed by atoms with Gasteiger partial charge in [-0.3, -0.25) is 0 Å². The van der Waals surface area contributed by atoms with Gasteiger partial charge in [-0.1, -0.05) is 30.7 Å². The second kappa shape index (κ2) is 8.66. The third kappa shape index (κ3) is 5.55. The number of aliphatic hydroxyl groups is 1. The van der Waals surface area contributed by atoms with E-state index in [2.05, 4.69) is 15.3 Å². The molecule has 2 aromatic rings. The zero-order valence-electron chi connectivity index (χ0n) is 14.9. The van der Waals surface area contributed by atoms with Gasteiger partial charge in [-0.15, -0.1) is 0 Å². The van der Waals surface area contributed by atoms with Crippen LogP contribution in [0.3, 0.4) is 0 Å². The molecule has 142 valence electrons. The van der Waals surface area contributed by atoms with Gasteiger partial charge in [0.1, 0.15) is 28.3 Å². The van der Waals surface area contributed by atoms with Crippen LogP contribution in [0.15, 0.2) is 24.3 Å². The number of aromatic nitrogens is 2. The predicted octanol–water partition coefficient (Wildman–Crippen LogP) is 2.39. The van der Waals surface area contributed by atoms with E-state index in [0.717, 1.165) is 6.26 Å². The minimum atomic E-state index is -3.28. The van der Waals surface area contributed by atoms with E-state index < -0.39 is 15.9 Å². The lowest BCUT2D eigenvalue weighted by Crippen LogP contribution is -2.16. The van der Waals surface area contributed by atoms with Gasteiger partial charge in [0.05, 0.1) is 13.2 Å². The van der Waals surface area contributed by atoms with Gasteiger partial charge in [0.15, 0.2) is 9.84 Å². The molecule has 9 heteroatoms. The molecule has 0 radical (unpaired) electrons. The van der Waals surface area contributed by atoms with Gasteiger partial charge < -0.3 is 15.2 Å². The molecule has 0 spiro atoms. The van der Waals surface area contributed by atoms with Crippen LogP contribution >= 0.6 is 11.6 Å². The van der Waals surface area contributed by atoms with Gasteiger partial charge in [0.2, 0.25) is 0 Å². The first kappa shape index (κ1) is 20.4. The summed E-state index contributed by atoms with van der Waals surface area (Å²) in [4.78, 5) is 8.32. The van der Waals surface area contributed by atoms with E-state index in [4.69, 9.17) is 16.3 Å². The molecule has 0 amide bonds. The highest BCUT2D eigenvalue weighted by atomic mass is 35.5. The molecule has 2 rings (SSSR count). The minimum Gasteiger partial charge on any atom is -0.497 e. The fourth-order valence-electron chi connectivity index (χ4n) is 2.40. The molecule has 0 saturated carbocycles. The number of nitrogens with zero attached hydrogens (tertiary/aromatic N) is 2. The summed E-state index contributed by atoms with van der Waals surface area (Å²) < 4.78 is 28.1. The number of hydrogen-bond acceptors (Lipinski definition) is 7. The molecule has 1 atom stereocenters. The Morgan fingerprint density at radius 2 is 1.92 bits per heavy atom. The first-order valence-corrected chi connectivity index (χ1v) is 10.5. The van der Waals surface area contributed by atoms with Crippen molar-refractivity contribution >= 4 is 27.3 Å². The maximum Gasteiger partial charge on any atom is 0.154 e. The van der Waals surface area contributed by atoms with Crippen molar-refractivity contribution in [2.45, 2.75) is 25.2 Å². The van der Waals surface area contributed by atoms with Crippen LogP contribution in [0.4, 0.5) is 5.82 Å². The zero-order chi connectivity index (χ0) is 19.3. The average Bonchev–Trinajstić information content (AvgIpc) is 2.58. The summed E-state index contributed by atoms with van der Waals surface area (Å²) in [5, 5.41) is 13.6. The molecule has 0 aliphatic rings. The number of rotatable bonds is 8. The molecule has 1 aromatic heterocycles. The molecule has 0 fully saturated rings. The molecule has 1 heterocycles. The number of benzene rings is 1. The topological polar surface area (TPSA) is 101 Å². The Bertz CT molecular complexity index is 857. The van der Waals surface area contributed by atoms with E-state index in [-0.39, 0.29) is 23.3 Å². The summed E-state index contributed by atoms with van der Waals surface area (Å²) >= 11 is 6.17. The summed E-state index contributed by atoms with van der Waals surface area (Å²) in [6.07, 6.45) is 0.898. The lowest BCUT2D eigenvalue weighted by Gasteiger charge is -2.16. The van der Waals surface area contributed by atoms with Gasteiger partial charge in [0.25, 0.3) is 0 Å². The monoisotopic (exact) mass is 399 g/mol. The molecule has 0 aliphatic heterocycles. The van der Waals surface area contributed by atoms with Crippen LogP contribution in [0.2, 0.25) is 5.15 Å². The second-order valence-corrected chi connectivity index (χ2v) is 8.35. The van der Waals surface area contributed by atoms with Crippen molar-refractivity contribution in [3.05, 3.63) is 46.4 Å². The number of nitrogens with one attached hydrogen (secondary N) is 1. The van der Waals surface area contributed by atoms with Crippen molar-refractivity contribution in [2.24, 2.45) is 0 Å². The van der Waals surface area contributed by atoms with Crippen molar-refractivity contribution in [1.82, 2.24) is 9.97 Å². The van der Waals surface area contributed by atoms with E-state index in [1.165, 1.54) is 0 Å². The summed E-state index contributed by atoms with van der Waals surface area (Å²) in [6.45, 7) is 2.08. The fraction of sp³-hybridized carbons (Fsp3) is 0.412. The van der Waals surface area contributed by atoms with Crippen LogP contribution < -0.4 is 10.1 Å². The highest BCUT2D eigenvalue weighted by Crippen LogP contribution is 2.24. The Hall–Kier alpha value is -1.90. The average molecular weight is 400 g/mol. The van der Waals surface area contributed by atoms with E-state index >= 15 is 0 Å². The third-order valence-corrected chi connectivity index (χ3v) is 4.81. The summed E-state index contributed by atoms with van der Waals surface area (Å²) in [5.74, 6) is 0.955. The Labute approximate surface area is 158 Å². The molecule has 0 unspecified atom stereocenters. The summed E-state index contributed by atoms with van der Waals surface area (Å²) in [7, 11) is -1.71. The van der Waals surface area contributed by atoms with Crippen LogP contribution in [0.25, 0.3) is 0 Å². The van der Waals surface area contributed by atoms with Crippen LogP contribution in [-0.2, 0) is 22.0 Å². The Morgan fingerprint density at radius 1 is 1.27 bits per heavy atom. The van der Waals surface area contributed by atoms with Crippen molar-refractivity contribution in [1.29, 1.82) is 0 Å². The smallest absolute Gasteiger partial charge is 0.154 e. The molecular weight excluding hydrogens is 378 g/mol. The first-order valence-electron chi connectivity index (χ1n) is 8.02. The van der Waals surface area contributed by atoms with Gasteiger partial charge in [-0.05, 0) is 24.1 Å². The van der Waals surface area contributed by atoms with Crippen LogP contribution in [0, 0.1) is 0 Å². The molecule has 0 aliphatic carbocycles. The normalized spacial score (nSPS) is 12.7. The van der Waals surface area contributed by atoms with Gasteiger partial charge >= 0.3 is 0 Å². The molecule has 7 nitrogen and oxygen atoms in total. The summed E-state index contributed by atoms with van der Waals surface area (Å²) in [5.41, 5.74) is 1.39. The summed E-state index contributed by atoms with van der Waals surface area (Å²) in [6, 6.07) is 7.07. The Kier molecular flexibility index (Phi) is 6.80. The van der Waals surface area contributed by atoms with Crippen molar-refractivity contribution < 1.29 is 18.3 Å². The van der Waals surface area contributed by atoms with E-state index in [0.29, 0.717) is 29.1 Å². The van der Waals surface area contributed by atoms with E-state index in [1.54, 1.807) is 31.4 Å². The lowest BCUT2D eigenvalue weighted by molar-refractivity contribution is 0.191. The van der Waals surface area contributed by atoms with Crippen LogP contribution in [0.5, 0.6) is 5.75 Å². The molecule has 26 heavy (non-hydrogen) atoms. The van der Waals surface area contributed by atoms with Gasteiger partial charge in [0, 0.05) is 18.4 Å². The third-order valence-electron chi connectivity index (χ3n) is 3.71. The minimum absolute atomic E-state index is 0.121. The number of hydrogen-bond donors (Lipinski definition) is 2. The number of anilines is 1. The molecule has 0 bridgehead atoms. The first-order chi connectivity index (χ1) is 12.2. The van der Waals surface area contributed by atoms with Crippen LogP contribution in [-0.4, -0.2) is 43.4 Å². The Morgan fingerprint density at radius 3 is 2.46 bits per heavy atom. The molecule has 2 N–H and O–H groups in total. The lowest BCUT2D eigenvalue weighted by atomic mass is 10.1. The predicted molar refractivity (Wildman–Crippen MR) is 101 cm³/mol. The zero-order valence-corrected chi connectivity index (χ0v) is 16.4. The highest BCUT2D eigenvalue weighted by molar-refractivity contribution is 7.89. The molecule has 1 aromatic carbocycles. The SMILES string of the molecule is CCc1c(Cl)nc(CS(C)(=O)=O)nc1NC[C@@H](O)c1ccc(OC)cc1. The molecule has 0 saturated heterocycles.